The predicted molar refractivity (Wildman–Crippen MR) is 86.9 cm³/mol. The van der Waals surface area contributed by atoms with Gasteiger partial charge >= 0.3 is 12.0 Å². The van der Waals surface area contributed by atoms with Crippen molar-refractivity contribution in [2.75, 3.05) is 13.1 Å². The number of amides is 2. The van der Waals surface area contributed by atoms with Gasteiger partial charge in [0.05, 0.1) is 12.0 Å². The number of carbonyl (C=O) groups is 2. The van der Waals surface area contributed by atoms with Gasteiger partial charge in [0.15, 0.2) is 0 Å². The molecule has 1 saturated carbocycles. The number of urea groups is 1. The molecule has 2 N–H and O–H groups in total. The van der Waals surface area contributed by atoms with E-state index < -0.39 is 11.9 Å². The molecule has 0 aromatic heterocycles. The molecule has 1 aliphatic carbocycles. The number of hydrogen-bond donors (Lipinski definition) is 2. The van der Waals surface area contributed by atoms with Gasteiger partial charge in [-0.25, -0.2) is 9.18 Å². The molecule has 6 heteroatoms. The van der Waals surface area contributed by atoms with Crippen molar-refractivity contribution in [1.29, 1.82) is 0 Å². The van der Waals surface area contributed by atoms with Gasteiger partial charge in [0, 0.05) is 18.7 Å². The highest BCUT2D eigenvalue weighted by Gasteiger charge is 2.34. The van der Waals surface area contributed by atoms with Gasteiger partial charge in [-0.3, -0.25) is 4.79 Å². The molecule has 0 spiro atoms. The molecule has 2 atom stereocenters. The maximum atomic E-state index is 14.2. The molecular weight excluding hydrogens is 311 g/mol. The van der Waals surface area contributed by atoms with E-state index in [9.17, 15) is 14.0 Å². The molecule has 2 unspecified atom stereocenters. The van der Waals surface area contributed by atoms with E-state index in [0.29, 0.717) is 18.5 Å². The van der Waals surface area contributed by atoms with E-state index in [4.69, 9.17) is 5.11 Å². The number of nitrogens with zero attached hydrogens (tertiary/aromatic N) is 1. The van der Waals surface area contributed by atoms with E-state index in [1.54, 1.807) is 18.2 Å². The summed E-state index contributed by atoms with van der Waals surface area (Å²) in [5.74, 6) is -1.45. The van der Waals surface area contributed by atoms with Crippen molar-refractivity contribution in [3.05, 3.63) is 35.6 Å². The molecule has 1 aromatic rings. The summed E-state index contributed by atoms with van der Waals surface area (Å²) in [5, 5.41) is 12.0. The summed E-state index contributed by atoms with van der Waals surface area (Å²) >= 11 is 0. The summed E-state index contributed by atoms with van der Waals surface area (Å²) in [6.07, 6.45) is 4.59. The first-order valence-corrected chi connectivity index (χ1v) is 8.59. The molecule has 1 heterocycles. The van der Waals surface area contributed by atoms with Gasteiger partial charge in [0.25, 0.3) is 0 Å². The highest BCUT2D eigenvalue weighted by atomic mass is 19.1. The van der Waals surface area contributed by atoms with Gasteiger partial charge in [-0.15, -0.1) is 0 Å². The summed E-state index contributed by atoms with van der Waals surface area (Å²) in [7, 11) is 0. The van der Waals surface area contributed by atoms with Crippen LogP contribution < -0.4 is 5.32 Å². The average Bonchev–Trinajstić information content (AvgIpc) is 3.25. The van der Waals surface area contributed by atoms with Crippen molar-refractivity contribution in [1.82, 2.24) is 10.2 Å². The van der Waals surface area contributed by atoms with E-state index in [1.165, 1.54) is 11.0 Å². The fraction of sp³-hybridized carbons (Fsp3) is 0.556. The largest absolute Gasteiger partial charge is 0.481 e. The lowest BCUT2D eigenvalue weighted by Crippen LogP contribution is -2.42. The van der Waals surface area contributed by atoms with E-state index in [0.717, 1.165) is 25.7 Å². The van der Waals surface area contributed by atoms with Crippen LogP contribution in [0.2, 0.25) is 0 Å². The van der Waals surface area contributed by atoms with Crippen LogP contribution in [-0.2, 0) is 4.79 Å². The normalized spacial score (nSPS) is 22.5. The number of carboxylic acid groups (broad SMARTS) is 1. The zero-order chi connectivity index (χ0) is 17.1. The predicted octanol–water partition coefficient (Wildman–Crippen LogP) is 3.17. The van der Waals surface area contributed by atoms with E-state index in [-0.39, 0.29) is 30.4 Å². The number of rotatable bonds is 4. The minimum atomic E-state index is -0.869. The zero-order valence-corrected chi connectivity index (χ0v) is 13.6. The fourth-order valence-corrected chi connectivity index (χ4v) is 3.84. The van der Waals surface area contributed by atoms with Crippen molar-refractivity contribution in [2.45, 2.75) is 38.1 Å². The maximum Gasteiger partial charge on any atom is 0.317 e. The Morgan fingerprint density at radius 2 is 1.92 bits per heavy atom. The van der Waals surface area contributed by atoms with Crippen LogP contribution in [-0.4, -0.2) is 35.1 Å². The molecule has 5 nitrogen and oxygen atoms in total. The number of benzene rings is 1. The number of carbonyl (C=O) groups excluding carboxylic acids is 1. The molecule has 24 heavy (non-hydrogen) atoms. The molecule has 0 bridgehead atoms. The second kappa shape index (κ2) is 7.20. The van der Waals surface area contributed by atoms with Crippen LogP contribution >= 0.6 is 0 Å². The Bertz CT molecular complexity index is 616. The first-order valence-electron chi connectivity index (χ1n) is 8.59. The lowest BCUT2D eigenvalue weighted by atomic mass is 9.91. The third kappa shape index (κ3) is 3.52. The van der Waals surface area contributed by atoms with Crippen LogP contribution in [0.1, 0.15) is 43.7 Å². The summed E-state index contributed by atoms with van der Waals surface area (Å²) in [5.41, 5.74) is 0.520. The first-order chi connectivity index (χ1) is 11.6. The van der Waals surface area contributed by atoms with Crippen molar-refractivity contribution in [3.8, 4) is 0 Å². The molecule has 1 aliphatic heterocycles. The van der Waals surface area contributed by atoms with Crippen LogP contribution in [0, 0.1) is 17.7 Å². The quantitative estimate of drug-likeness (QED) is 0.888. The summed E-state index contributed by atoms with van der Waals surface area (Å²) < 4.78 is 14.2. The lowest BCUT2D eigenvalue weighted by Gasteiger charge is -2.28. The van der Waals surface area contributed by atoms with Crippen LogP contribution in [0.3, 0.4) is 0 Å². The lowest BCUT2D eigenvalue weighted by molar-refractivity contribution is -0.141. The van der Waals surface area contributed by atoms with Crippen molar-refractivity contribution in [2.24, 2.45) is 11.8 Å². The van der Waals surface area contributed by atoms with Crippen molar-refractivity contribution >= 4 is 12.0 Å². The van der Waals surface area contributed by atoms with E-state index in [2.05, 4.69) is 5.32 Å². The maximum absolute atomic E-state index is 14.2. The number of aliphatic carboxylic acids is 1. The molecule has 2 aliphatic rings. The van der Waals surface area contributed by atoms with Crippen molar-refractivity contribution in [3.63, 3.8) is 0 Å². The Kier molecular flexibility index (Phi) is 5.02. The van der Waals surface area contributed by atoms with Gasteiger partial charge in [0.2, 0.25) is 0 Å². The standard InChI is InChI=1S/C18H23FN2O3/c19-15-8-4-3-7-14(15)16(12-5-1-2-6-12)20-18(24)21-10-9-13(11-21)17(22)23/h3-4,7-8,12-13,16H,1-2,5-6,9-11H2,(H,20,24)(H,22,23). The van der Waals surface area contributed by atoms with Gasteiger partial charge in [0.1, 0.15) is 5.82 Å². The zero-order valence-electron chi connectivity index (χ0n) is 13.6. The van der Waals surface area contributed by atoms with Crippen molar-refractivity contribution < 1.29 is 19.1 Å². The molecule has 1 aromatic carbocycles. The van der Waals surface area contributed by atoms with Gasteiger partial charge in [-0.05, 0) is 31.2 Å². The SMILES string of the molecule is O=C(O)C1CCN(C(=O)NC(c2ccccc2F)C2CCCC2)C1. The Morgan fingerprint density at radius 1 is 1.21 bits per heavy atom. The van der Waals surface area contributed by atoms with E-state index in [1.807, 2.05) is 0 Å². The number of likely N-dealkylation sites (tertiary alicyclic amines) is 1. The number of carboxylic acids is 1. The summed E-state index contributed by atoms with van der Waals surface area (Å²) in [6, 6.07) is 5.92. The third-order valence-electron chi connectivity index (χ3n) is 5.22. The average molecular weight is 334 g/mol. The third-order valence-corrected chi connectivity index (χ3v) is 5.22. The Hall–Kier alpha value is -2.11. The van der Waals surface area contributed by atoms with Crippen LogP contribution in [0.25, 0.3) is 0 Å². The molecule has 130 valence electrons. The highest BCUT2D eigenvalue weighted by molar-refractivity contribution is 5.77. The monoisotopic (exact) mass is 334 g/mol. The van der Waals surface area contributed by atoms with Crippen LogP contribution in [0.15, 0.2) is 24.3 Å². The van der Waals surface area contributed by atoms with Gasteiger partial charge < -0.3 is 15.3 Å². The summed E-state index contributed by atoms with van der Waals surface area (Å²) in [6.45, 7) is 0.646. The highest BCUT2D eigenvalue weighted by Crippen LogP contribution is 2.36. The molecule has 1 saturated heterocycles. The first kappa shape index (κ1) is 16.7. The van der Waals surface area contributed by atoms with Gasteiger partial charge in [-0.1, -0.05) is 31.0 Å². The smallest absolute Gasteiger partial charge is 0.317 e. The fourth-order valence-electron chi connectivity index (χ4n) is 3.84. The number of nitrogens with one attached hydrogen (secondary N) is 1. The second-order valence-electron chi connectivity index (χ2n) is 6.76. The van der Waals surface area contributed by atoms with Gasteiger partial charge in [-0.2, -0.15) is 0 Å². The number of halogens is 1. The summed E-state index contributed by atoms with van der Waals surface area (Å²) in [4.78, 5) is 25.2. The Labute approximate surface area is 140 Å². The Morgan fingerprint density at radius 3 is 2.54 bits per heavy atom. The molecule has 2 amide bonds. The molecule has 0 radical (unpaired) electrons. The topological polar surface area (TPSA) is 69.6 Å². The number of hydrogen-bond acceptors (Lipinski definition) is 2. The molecular formula is C18H23FN2O3. The minimum Gasteiger partial charge on any atom is -0.481 e. The molecule has 2 fully saturated rings. The van der Waals surface area contributed by atoms with Crippen LogP contribution in [0.4, 0.5) is 9.18 Å². The second-order valence-corrected chi connectivity index (χ2v) is 6.76. The van der Waals surface area contributed by atoms with Crippen LogP contribution in [0.5, 0.6) is 0 Å². The molecule has 3 rings (SSSR count). The van der Waals surface area contributed by atoms with E-state index >= 15 is 0 Å². The Balaban J connectivity index is 1.74. The minimum absolute atomic E-state index is 0.218.